The summed E-state index contributed by atoms with van der Waals surface area (Å²) in [5, 5.41) is 2.95. The van der Waals surface area contributed by atoms with Crippen molar-refractivity contribution in [2.75, 3.05) is 36.4 Å². The summed E-state index contributed by atoms with van der Waals surface area (Å²) in [6.07, 6.45) is 3.38. The molecular weight excluding hydrogens is 514 g/mol. The molecule has 0 saturated carbocycles. The largest absolute Gasteiger partial charge is 0.497 e. The van der Waals surface area contributed by atoms with Crippen molar-refractivity contribution in [1.29, 1.82) is 0 Å². The zero-order valence-corrected chi connectivity index (χ0v) is 21.8. The van der Waals surface area contributed by atoms with Gasteiger partial charge in [0.1, 0.15) is 18.3 Å². The smallest absolute Gasteiger partial charge is 0.263 e. The van der Waals surface area contributed by atoms with Crippen molar-refractivity contribution in [1.82, 2.24) is 14.5 Å². The maximum absolute atomic E-state index is 13.3. The van der Waals surface area contributed by atoms with Crippen LogP contribution in [0.1, 0.15) is 13.0 Å². The Bertz CT molecular complexity index is 1550. The van der Waals surface area contributed by atoms with Gasteiger partial charge in [-0.2, -0.15) is 0 Å². The van der Waals surface area contributed by atoms with Crippen LogP contribution in [0.15, 0.2) is 71.2 Å². The molecule has 4 aromatic rings. The molecule has 3 heterocycles. The molecule has 2 amide bonds. The first kappa shape index (κ1) is 24.8. The highest BCUT2D eigenvalue weighted by Gasteiger charge is 2.31. The van der Waals surface area contributed by atoms with Crippen LogP contribution in [0.3, 0.4) is 0 Å². The van der Waals surface area contributed by atoms with Crippen molar-refractivity contribution in [3.05, 3.63) is 66.3 Å². The number of benzene rings is 2. The summed E-state index contributed by atoms with van der Waals surface area (Å²) < 4.78 is 34.8. The molecule has 1 aliphatic heterocycles. The van der Waals surface area contributed by atoms with E-state index in [-0.39, 0.29) is 28.4 Å². The summed E-state index contributed by atoms with van der Waals surface area (Å²) in [5.41, 5.74) is 1.45. The molecule has 0 bridgehead atoms. The number of amides is 2. The van der Waals surface area contributed by atoms with Crippen LogP contribution in [0, 0.1) is 0 Å². The topological polar surface area (TPSA) is 114 Å². The van der Waals surface area contributed by atoms with Gasteiger partial charge < -0.3 is 19.1 Å². The lowest BCUT2D eigenvalue weighted by molar-refractivity contribution is -0.139. The number of rotatable bonds is 7. The standard InChI is InChI=1S/C25H25N5O5S2/c1-17(29-11-9-18-3-6-20(35-2)15-22(18)29)24(32)28-12-13-30(23(31)16-28)19-4-7-21(8-5-19)37(33,34)27-25-26-10-14-36-25/h3-11,14-15,17H,12-13,16H2,1-2H3,(H,26,27). The molecule has 1 aliphatic rings. The van der Waals surface area contributed by atoms with E-state index in [4.69, 9.17) is 4.74 Å². The van der Waals surface area contributed by atoms with Gasteiger partial charge in [-0.3, -0.25) is 14.3 Å². The fraction of sp³-hybridized carbons (Fsp3) is 0.240. The number of thiazole rings is 1. The van der Waals surface area contributed by atoms with Gasteiger partial charge in [0, 0.05) is 42.6 Å². The molecule has 1 fully saturated rings. The van der Waals surface area contributed by atoms with Crippen molar-refractivity contribution >= 4 is 54.9 Å². The number of methoxy groups -OCH3 is 1. The predicted octanol–water partition coefficient (Wildman–Crippen LogP) is 3.34. The van der Waals surface area contributed by atoms with Crippen LogP contribution >= 0.6 is 11.3 Å². The highest BCUT2D eigenvalue weighted by molar-refractivity contribution is 7.93. The maximum Gasteiger partial charge on any atom is 0.263 e. The minimum atomic E-state index is -3.78. The van der Waals surface area contributed by atoms with Crippen LogP contribution in [-0.4, -0.2) is 61.4 Å². The van der Waals surface area contributed by atoms with E-state index in [2.05, 4.69) is 9.71 Å². The van der Waals surface area contributed by atoms with E-state index < -0.39 is 16.1 Å². The summed E-state index contributed by atoms with van der Waals surface area (Å²) in [7, 11) is -2.19. The zero-order chi connectivity index (χ0) is 26.2. The van der Waals surface area contributed by atoms with Crippen LogP contribution < -0.4 is 14.4 Å². The number of sulfonamides is 1. The van der Waals surface area contributed by atoms with Gasteiger partial charge in [-0.05, 0) is 54.8 Å². The monoisotopic (exact) mass is 539 g/mol. The number of fused-ring (bicyclic) bond motifs is 1. The second kappa shape index (κ2) is 9.87. The molecule has 0 radical (unpaired) electrons. The first-order valence-corrected chi connectivity index (χ1v) is 13.9. The quantitative estimate of drug-likeness (QED) is 0.385. The van der Waals surface area contributed by atoms with Crippen LogP contribution in [0.25, 0.3) is 10.9 Å². The Hall–Kier alpha value is -3.90. The molecule has 2 aromatic heterocycles. The molecule has 1 unspecified atom stereocenters. The first-order valence-electron chi connectivity index (χ1n) is 11.5. The number of hydrogen-bond donors (Lipinski definition) is 1. The van der Waals surface area contributed by atoms with Crippen LogP contribution in [0.2, 0.25) is 0 Å². The van der Waals surface area contributed by atoms with E-state index in [0.717, 1.165) is 10.9 Å². The van der Waals surface area contributed by atoms with Gasteiger partial charge in [-0.25, -0.2) is 13.4 Å². The summed E-state index contributed by atoms with van der Waals surface area (Å²) in [6, 6.07) is 13.2. The predicted molar refractivity (Wildman–Crippen MR) is 141 cm³/mol. The molecule has 10 nitrogen and oxygen atoms in total. The second-order valence-corrected chi connectivity index (χ2v) is 11.1. The van der Waals surface area contributed by atoms with Gasteiger partial charge in [-0.1, -0.05) is 0 Å². The molecule has 5 rings (SSSR count). The summed E-state index contributed by atoms with van der Waals surface area (Å²) in [4.78, 5) is 33.4. The highest BCUT2D eigenvalue weighted by Crippen LogP contribution is 2.27. The van der Waals surface area contributed by atoms with Crippen LogP contribution in [0.5, 0.6) is 5.75 Å². The number of nitrogens with one attached hydrogen (secondary N) is 1. The number of anilines is 2. The molecule has 1 N–H and O–H groups in total. The third kappa shape index (κ3) is 4.89. The summed E-state index contributed by atoms with van der Waals surface area (Å²) >= 11 is 1.18. The Morgan fingerprint density at radius 3 is 2.59 bits per heavy atom. The van der Waals surface area contributed by atoms with Crippen molar-refractivity contribution < 1.29 is 22.7 Å². The molecule has 1 atom stereocenters. The fourth-order valence-corrected chi connectivity index (χ4v) is 6.15. The van der Waals surface area contributed by atoms with Gasteiger partial charge in [0.25, 0.3) is 10.0 Å². The Kier molecular flexibility index (Phi) is 6.61. The number of ether oxygens (including phenoxy) is 1. The normalized spacial score (nSPS) is 15.1. The van der Waals surface area contributed by atoms with Crippen molar-refractivity contribution in [2.24, 2.45) is 0 Å². The fourth-order valence-electron chi connectivity index (χ4n) is 4.36. The number of carbonyl (C=O) groups is 2. The summed E-state index contributed by atoms with van der Waals surface area (Å²) in [6.45, 7) is 2.43. The Morgan fingerprint density at radius 2 is 1.92 bits per heavy atom. The van der Waals surface area contributed by atoms with Gasteiger partial charge in [0.05, 0.1) is 17.5 Å². The molecule has 192 valence electrons. The first-order chi connectivity index (χ1) is 17.8. The van der Waals surface area contributed by atoms with Gasteiger partial charge in [-0.15, -0.1) is 11.3 Å². The minimum Gasteiger partial charge on any atom is -0.497 e. The number of aromatic nitrogens is 2. The molecule has 2 aromatic carbocycles. The highest BCUT2D eigenvalue weighted by atomic mass is 32.2. The summed E-state index contributed by atoms with van der Waals surface area (Å²) in [5.74, 6) is 0.319. The van der Waals surface area contributed by atoms with E-state index in [1.807, 2.05) is 42.0 Å². The molecule has 0 aliphatic carbocycles. The number of piperazine rings is 1. The van der Waals surface area contributed by atoms with E-state index in [9.17, 15) is 18.0 Å². The average Bonchev–Trinajstić information content (AvgIpc) is 3.57. The zero-order valence-electron chi connectivity index (χ0n) is 20.2. The van der Waals surface area contributed by atoms with Gasteiger partial charge in [0.15, 0.2) is 5.13 Å². The van der Waals surface area contributed by atoms with E-state index >= 15 is 0 Å². The van der Waals surface area contributed by atoms with Crippen molar-refractivity contribution in [3.63, 3.8) is 0 Å². The Morgan fingerprint density at radius 1 is 1.14 bits per heavy atom. The van der Waals surface area contributed by atoms with Crippen LogP contribution in [-0.2, 0) is 19.6 Å². The lowest BCUT2D eigenvalue weighted by atomic mass is 10.2. The average molecular weight is 540 g/mol. The van der Waals surface area contributed by atoms with Gasteiger partial charge >= 0.3 is 0 Å². The van der Waals surface area contributed by atoms with Crippen molar-refractivity contribution in [3.8, 4) is 5.75 Å². The van der Waals surface area contributed by atoms with Crippen LogP contribution in [0.4, 0.5) is 10.8 Å². The van der Waals surface area contributed by atoms with E-state index in [1.165, 1.54) is 29.7 Å². The third-order valence-electron chi connectivity index (χ3n) is 6.35. The lowest BCUT2D eigenvalue weighted by Gasteiger charge is -2.35. The third-order valence-corrected chi connectivity index (χ3v) is 8.52. The SMILES string of the molecule is COc1ccc2ccn(C(C)C(=O)N3CCN(c4ccc(S(=O)(=O)Nc5nccs5)cc4)C(=O)C3)c2c1. The Balaban J connectivity index is 1.26. The second-order valence-electron chi connectivity index (χ2n) is 8.57. The lowest BCUT2D eigenvalue weighted by Crippen LogP contribution is -2.53. The van der Waals surface area contributed by atoms with E-state index in [0.29, 0.717) is 24.5 Å². The Labute approximate surface area is 218 Å². The molecule has 12 heteroatoms. The number of carbonyl (C=O) groups excluding carboxylic acids is 2. The number of nitrogens with zero attached hydrogens (tertiary/aromatic N) is 4. The molecule has 0 spiro atoms. The van der Waals surface area contributed by atoms with E-state index in [1.54, 1.807) is 34.4 Å². The number of hydrogen-bond acceptors (Lipinski definition) is 7. The molecule has 37 heavy (non-hydrogen) atoms. The maximum atomic E-state index is 13.3. The minimum absolute atomic E-state index is 0.0582. The van der Waals surface area contributed by atoms with Gasteiger partial charge in [0.2, 0.25) is 11.8 Å². The molecular formula is C25H25N5O5S2. The van der Waals surface area contributed by atoms with Crippen molar-refractivity contribution in [2.45, 2.75) is 17.9 Å². The molecule has 1 saturated heterocycles.